The molecule has 1 saturated heterocycles. The topological polar surface area (TPSA) is 78.4 Å². The van der Waals surface area contributed by atoms with Crippen molar-refractivity contribution in [3.63, 3.8) is 0 Å². The van der Waals surface area contributed by atoms with Crippen LogP contribution in [0, 0.1) is 11.6 Å². The van der Waals surface area contributed by atoms with Crippen LogP contribution in [0.25, 0.3) is 33.5 Å². The number of nitrogens with zero attached hydrogens (tertiary/aromatic N) is 4. The van der Waals surface area contributed by atoms with E-state index in [4.69, 9.17) is 9.97 Å². The molecule has 198 valence electrons. The van der Waals surface area contributed by atoms with Crippen LogP contribution in [0.3, 0.4) is 0 Å². The lowest BCUT2D eigenvalue weighted by Gasteiger charge is -2.32. The molecule has 0 radical (unpaired) electrons. The van der Waals surface area contributed by atoms with Crippen molar-refractivity contribution in [1.29, 1.82) is 0 Å². The van der Waals surface area contributed by atoms with Gasteiger partial charge in [0.2, 0.25) is 10.0 Å². The van der Waals surface area contributed by atoms with E-state index in [9.17, 15) is 17.2 Å². The molecular formula is C28H29F2N5O2S. The van der Waals surface area contributed by atoms with Gasteiger partial charge in [-0.05, 0) is 86.7 Å². The Bertz CT molecular complexity index is 1520. The van der Waals surface area contributed by atoms with Crippen LogP contribution in [-0.4, -0.2) is 74.5 Å². The van der Waals surface area contributed by atoms with Crippen molar-refractivity contribution in [2.75, 3.05) is 46.3 Å². The number of piperazine rings is 1. The van der Waals surface area contributed by atoms with Gasteiger partial charge in [0.1, 0.15) is 11.6 Å². The van der Waals surface area contributed by atoms with Gasteiger partial charge >= 0.3 is 0 Å². The molecule has 0 saturated carbocycles. The van der Waals surface area contributed by atoms with Crippen molar-refractivity contribution in [2.24, 2.45) is 0 Å². The second-order valence-corrected chi connectivity index (χ2v) is 11.2. The van der Waals surface area contributed by atoms with E-state index in [1.54, 1.807) is 30.3 Å². The predicted molar refractivity (Wildman–Crippen MR) is 144 cm³/mol. The molecule has 1 fully saturated rings. The van der Waals surface area contributed by atoms with Gasteiger partial charge in [0.25, 0.3) is 0 Å². The van der Waals surface area contributed by atoms with Crippen LogP contribution in [0.4, 0.5) is 8.78 Å². The zero-order chi connectivity index (χ0) is 26.7. The summed E-state index contributed by atoms with van der Waals surface area (Å²) in [6.07, 6.45) is 0.714. The van der Waals surface area contributed by atoms with Crippen LogP contribution < -0.4 is 4.72 Å². The van der Waals surface area contributed by atoms with Gasteiger partial charge < -0.3 is 9.80 Å². The summed E-state index contributed by atoms with van der Waals surface area (Å²) >= 11 is 0. The minimum atomic E-state index is -3.75. The maximum atomic E-state index is 13.6. The number of sulfonamides is 1. The lowest BCUT2D eigenvalue weighted by Crippen LogP contribution is -2.45. The van der Waals surface area contributed by atoms with Gasteiger partial charge in [-0.2, -0.15) is 0 Å². The SMILES string of the molecule is CN1CCN(CCCNS(=O)(=O)c2ccc3nc(-c4ccc(F)cc4)c(-c4ccc(F)cc4)nc3c2)CC1. The first-order chi connectivity index (χ1) is 18.3. The first-order valence-corrected chi connectivity index (χ1v) is 14.0. The summed E-state index contributed by atoms with van der Waals surface area (Å²) in [5, 5.41) is 0. The van der Waals surface area contributed by atoms with E-state index in [1.807, 2.05) is 0 Å². The van der Waals surface area contributed by atoms with Crippen LogP contribution >= 0.6 is 0 Å². The Morgan fingerprint density at radius 2 is 1.34 bits per heavy atom. The van der Waals surface area contributed by atoms with E-state index >= 15 is 0 Å². The van der Waals surface area contributed by atoms with Crippen molar-refractivity contribution in [3.05, 3.63) is 78.4 Å². The quantitative estimate of drug-likeness (QED) is 0.340. The van der Waals surface area contributed by atoms with E-state index in [0.29, 0.717) is 46.5 Å². The normalized spacial score (nSPS) is 15.2. The molecule has 0 atom stereocenters. The number of likely N-dealkylation sites (N-methyl/N-ethyl adjacent to an activating group) is 1. The van der Waals surface area contributed by atoms with E-state index in [1.165, 1.54) is 36.4 Å². The average molecular weight is 538 g/mol. The minimum Gasteiger partial charge on any atom is -0.304 e. The fourth-order valence-electron chi connectivity index (χ4n) is 4.48. The number of halogens is 2. The number of hydrogen-bond acceptors (Lipinski definition) is 6. The highest BCUT2D eigenvalue weighted by molar-refractivity contribution is 7.89. The molecule has 3 aromatic carbocycles. The molecule has 1 aromatic heterocycles. The summed E-state index contributed by atoms with van der Waals surface area (Å²) < 4.78 is 55.9. The lowest BCUT2D eigenvalue weighted by molar-refractivity contribution is 0.153. The average Bonchev–Trinajstić information content (AvgIpc) is 2.92. The highest BCUT2D eigenvalue weighted by atomic mass is 32.2. The third-order valence-corrected chi connectivity index (χ3v) is 8.18. The Hall–Kier alpha value is -3.31. The molecule has 38 heavy (non-hydrogen) atoms. The first-order valence-electron chi connectivity index (χ1n) is 12.5. The number of aromatic nitrogens is 2. The van der Waals surface area contributed by atoms with Gasteiger partial charge in [-0.3, -0.25) is 0 Å². The summed E-state index contributed by atoms with van der Waals surface area (Å²) in [4.78, 5) is 14.2. The van der Waals surface area contributed by atoms with Crippen LogP contribution in [-0.2, 0) is 10.0 Å². The third kappa shape index (κ3) is 6.05. The Labute approximate surface area is 221 Å². The maximum absolute atomic E-state index is 13.6. The molecule has 0 spiro atoms. The van der Waals surface area contributed by atoms with Gasteiger partial charge in [-0.1, -0.05) is 0 Å². The van der Waals surface area contributed by atoms with Crippen LogP contribution in [0.1, 0.15) is 6.42 Å². The Balaban J connectivity index is 1.41. The number of rotatable bonds is 8. The van der Waals surface area contributed by atoms with E-state index in [2.05, 4.69) is 21.6 Å². The van der Waals surface area contributed by atoms with Crippen molar-refractivity contribution >= 4 is 21.1 Å². The molecule has 5 rings (SSSR count). The number of nitrogens with one attached hydrogen (secondary N) is 1. The van der Waals surface area contributed by atoms with Gasteiger partial charge in [0.05, 0.1) is 27.3 Å². The summed E-state index contributed by atoms with van der Waals surface area (Å²) in [5.74, 6) is -0.769. The Morgan fingerprint density at radius 1 is 0.789 bits per heavy atom. The third-order valence-electron chi connectivity index (χ3n) is 6.72. The highest BCUT2D eigenvalue weighted by Crippen LogP contribution is 2.32. The van der Waals surface area contributed by atoms with Crippen molar-refractivity contribution in [1.82, 2.24) is 24.5 Å². The van der Waals surface area contributed by atoms with Gasteiger partial charge in [-0.25, -0.2) is 31.9 Å². The second-order valence-electron chi connectivity index (χ2n) is 9.48. The van der Waals surface area contributed by atoms with Gasteiger partial charge in [0.15, 0.2) is 0 Å². The summed E-state index contributed by atoms with van der Waals surface area (Å²) in [7, 11) is -1.65. The van der Waals surface area contributed by atoms with E-state index in [-0.39, 0.29) is 10.7 Å². The second kappa shape index (κ2) is 11.2. The molecule has 0 aliphatic carbocycles. The first kappa shape index (κ1) is 26.3. The summed E-state index contributed by atoms with van der Waals surface area (Å²) in [5.41, 5.74) is 3.05. The molecule has 1 aliphatic rings. The fraction of sp³-hybridized carbons (Fsp3) is 0.286. The van der Waals surface area contributed by atoms with Crippen LogP contribution in [0.15, 0.2) is 71.6 Å². The number of benzene rings is 3. The van der Waals surface area contributed by atoms with Gasteiger partial charge in [-0.15, -0.1) is 0 Å². The van der Waals surface area contributed by atoms with Crippen molar-refractivity contribution in [3.8, 4) is 22.5 Å². The summed E-state index contributed by atoms with van der Waals surface area (Å²) in [6, 6.07) is 16.3. The van der Waals surface area contributed by atoms with E-state index in [0.717, 1.165) is 32.7 Å². The standard InChI is InChI=1S/C28H29F2N5O2S/c1-34-15-17-35(18-16-34)14-2-13-31-38(36,37)24-11-12-25-26(19-24)33-28(21-5-9-23(30)10-6-21)27(32-25)20-3-7-22(29)8-4-20/h3-12,19,31H,2,13-18H2,1H3. The highest BCUT2D eigenvalue weighted by Gasteiger charge is 2.19. The van der Waals surface area contributed by atoms with Crippen LogP contribution in [0.5, 0.6) is 0 Å². The largest absolute Gasteiger partial charge is 0.304 e. The molecule has 10 heteroatoms. The monoisotopic (exact) mass is 537 g/mol. The molecule has 0 amide bonds. The van der Waals surface area contributed by atoms with Gasteiger partial charge in [0, 0.05) is 43.9 Å². The fourth-order valence-corrected chi connectivity index (χ4v) is 5.58. The zero-order valence-electron chi connectivity index (χ0n) is 21.1. The summed E-state index contributed by atoms with van der Waals surface area (Å²) in [6.45, 7) is 5.19. The molecule has 0 unspecified atom stereocenters. The molecule has 4 aromatic rings. The number of hydrogen-bond donors (Lipinski definition) is 1. The maximum Gasteiger partial charge on any atom is 0.240 e. The van der Waals surface area contributed by atoms with Crippen molar-refractivity contribution < 1.29 is 17.2 Å². The van der Waals surface area contributed by atoms with Crippen LogP contribution in [0.2, 0.25) is 0 Å². The Morgan fingerprint density at radius 3 is 1.92 bits per heavy atom. The van der Waals surface area contributed by atoms with Crippen molar-refractivity contribution in [2.45, 2.75) is 11.3 Å². The zero-order valence-corrected chi connectivity index (χ0v) is 21.9. The molecule has 0 bridgehead atoms. The molecule has 2 heterocycles. The number of fused-ring (bicyclic) bond motifs is 1. The molecular weight excluding hydrogens is 508 g/mol. The minimum absolute atomic E-state index is 0.0958. The lowest BCUT2D eigenvalue weighted by atomic mass is 10.0. The molecule has 7 nitrogen and oxygen atoms in total. The predicted octanol–water partition coefficient (Wildman–Crippen LogP) is 4.16. The smallest absolute Gasteiger partial charge is 0.240 e. The molecule has 1 N–H and O–H groups in total. The van der Waals surface area contributed by atoms with E-state index < -0.39 is 15.8 Å². The Kier molecular flexibility index (Phi) is 7.75. The molecule has 1 aliphatic heterocycles.